The van der Waals surface area contributed by atoms with Crippen LogP contribution in [0.4, 0.5) is 0 Å². The lowest BCUT2D eigenvalue weighted by Crippen LogP contribution is -2.41. The van der Waals surface area contributed by atoms with Crippen molar-refractivity contribution in [1.82, 2.24) is 15.0 Å². The van der Waals surface area contributed by atoms with Gasteiger partial charge >= 0.3 is 0 Å². The van der Waals surface area contributed by atoms with E-state index in [2.05, 4.69) is 10.1 Å². The van der Waals surface area contributed by atoms with Crippen molar-refractivity contribution in [1.29, 1.82) is 0 Å². The minimum atomic E-state index is -0.691. The summed E-state index contributed by atoms with van der Waals surface area (Å²) in [6, 6.07) is 11.0. The lowest BCUT2D eigenvalue weighted by Gasteiger charge is -2.22. The quantitative estimate of drug-likeness (QED) is 0.625. The van der Waals surface area contributed by atoms with Gasteiger partial charge in [-0.3, -0.25) is 9.59 Å². The molecule has 4 rings (SSSR count). The van der Waals surface area contributed by atoms with Crippen molar-refractivity contribution >= 4 is 23.0 Å². The highest BCUT2D eigenvalue weighted by molar-refractivity contribution is 7.09. The molecule has 156 valence electrons. The van der Waals surface area contributed by atoms with Crippen LogP contribution in [0.3, 0.4) is 0 Å². The van der Waals surface area contributed by atoms with E-state index < -0.39 is 12.1 Å². The second-order valence-electron chi connectivity index (χ2n) is 7.52. The number of Topliss-reactive ketones (excluding diaryl/α,β-unsaturated/α-hetero) is 1. The molecule has 0 radical (unpaired) electrons. The molecule has 30 heavy (non-hydrogen) atoms. The summed E-state index contributed by atoms with van der Waals surface area (Å²) < 4.78 is 5.11. The Morgan fingerprint density at radius 3 is 2.83 bits per heavy atom. The van der Waals surface area contributed by atoms with E-state index in [1.165, 1.54) is 16.2 Å². The Hall–Kier alpha value is -2.84. The van der Waals surface area contributed by atoms with E-state index in [-0.39, 0.29) is 37.5 Å². The van der Waals surface area contributed by atoms with E-state index in [1.807, 2.05) is 35.7 Å². The fraction of sp³-hybridized carbons (Fsp3) is 0.364. The summed E-state index contributed by atoms with van der Waals surface area (Å²) >= 11 is 1.53. The molecule has 2 atom stereocenters. The molecule has 1 aliphatic rings. The highest BCUT2D eigenvalue weighted by Gasteiger charge is 2.38. The molecule has 1 aliphatic heterocycles. The molecule has 0 spiro atoms. The van der Waals surface area contributed by atoms with Crippen LogP contribution in [-0.2, 0) is 22.4 Å². The SMILES string of the molecule is Cc1cc(CC(=O)N2C[C@H](O)C[C@H]2C(=O)CCc2nc(-c3ccccc3)cs2)on1. The van der Waals surface area contributed by atoms with Crippen molar-refractivity contribution in [2.24, 2.45) is 0 Å². The average Bonchev–Trinajstić information content (AvgIpc) is 3.47. The van der Waals surface area contributed by atoms with Gasteiger partial charge in [0.2, 0.25) is 5.91 Å². The maximum Gasteiger partial charge on any atom is 0.231 e. The number of carbonyl (C=O) groups is 2. The first-order valence-corrected chi connectivity index (χ1v) is 10.8. The molecule has 1 amide bonds. The summed E-state index contributed by atoms with van der Waals surface area (Å²) in [7, 11) is 0. The van der Waals surface area contributed by atoms with Crippen LogP contribution in [0.1, 0.15) is 29.3 Å². The predicted molar refractivity (Wildman–Crippen MR) is 112 cm³/mol. The van der Waals surface area contributed by atoms with Gasteiger partial charge in [0.05, 0.1) is 35.0 Å². The van der Waals surface area contributed by atoms with Gasteiger partial charge in [-0.05, 0) is 6.92 Å². The largest absolute Gasteiger partial charge is 0.391 e. The van der Waals surface area contributed by atoms with Crippen LogP contribution in [0, 0.1) is 6.92 Å². The van der Waals surface area contributed by atoms with E-state index >= 15 is 0 Å². The first-order valence-electron chi connectivity index (χ1n) is 9.92. The lowest BCUT2D eigenvalue weighted by molar-refractivity contribution is -0.137. The van der Waals surface area contributed by atoms with Gasteiger partial charge in [0.15, 0.2) is 5.78 Å². The van der Waals surface area contributed by atoms with Crippen LogP contribution < -0.4 is 0 Å². The van der Waals surface area contributed by atoms with Gasteiger partial charge in [0.25, 0.3) is 0 Å². The number of β-amino-alcohol motifs (C(OH)–C–C–N with tert-alkyl or cyclic N) is 1. The van der Waals surface area contributed by atoms with E-state index in [0.29, 0.717) is 17.9 Å². The molecule has 0 saturated carbocycles. The monoisotopic (exact) mass is 425 g/mol. The molecule has 1 N–H and O–H groups in total. The number of aromatic nitrogens is 2. The van der Waals surface area contributed by atoms with Crippen LogP contribution >= 0.6 is 11.3 Å². The lowest BCUT2D eigenvalue weighted by atomic mass is 10.0. The average molecular weight is 426 g/mol. The van der Waals surface area contributed by atoms with Gasteiger partial charge in [-0.15, -0.1) is 11.3 Å². The zero-order valence-electron chi connectivity index (χ0n) is 16.7. The number of aryl methyl sites for hydroxylation is 2. The van der Waals surface area contributed by atoms with Crippen molar-refractivity contribution < 1.29 is 19.2 Å². The minimum Gasteiger partial charge on any atom is -0.391 e. The second-order valence-corrected chi connectivity index (χ2v) is 8.46. The smallest absolute Gasteiger partial charge is 0.231 e. The van der Waals surface area contributed by atoms with Crippen molar-refractivity contribution in [3.05, 3.63) is 58.2 Å². The number of benzene rings is 1. The van der Waals surface area contributed by atoms with E-state index in [0.717, 1.165) is 16.3 Å². The number of hydrogen-bond acceptors (Lipinski definition) is 7. The zero-order chi connectivity index (χ0) is 21.1. The van der Waals surface area contributed by atoms with Crippen molar-refractivity contribution in [2.75, 3.05) is 6.54 Å². The fourth-order valence-corrected chi connectivity index (χ4v) is 4.52. The number of amides is 1. The van der Waals surface area contributed by atoms with Crippen LogP contribution in [0.25, 0.3) is 11.3 Å². The molecule has 1 saturated heterocycles. The maximum absolute atomic E-state index is 12.8. The molecular weight excluding hydrogens is 402 g/mol. The van der Waals surface area contributed by atoms with Crippen LogP contribution in [-0.4, -0.2) is 50.5 Å². The Balaban J connectivity index is 1.37. The van der Waals surface area contributed by atoms with Gasteiger partial charge in [-0.25, -0.2) is 4.98 Å². The number of thiazole rings is 1. The molecular formula is C22H23N3O4S. The summed E-state index contributed by atoms with van der Waals surface area (Å²) in [5, 5.41) is 16.7. The summed E-state index contributed by atoms with van der Waals surface area (Å²) in [6.45, 7) is 1.95. The van der Waals surface area contributed by atoms with E-state index in [4.69, 9.17) is 4.52 Å². The first-order chi connectivity index (χ1) is 14.5. The Morgan fingerprint density at radius 2 is 2.10 bits per heavy atom. The third kappa shape index (κ3) is 4.66. The highest BCUT2D eigenvalue weighted by atomic mass is 32.1. The standard InChI is InChI=1S/C22H23N3O4S/c1-14-9-17(29-24-14)11-22(28)25-12-16(26)10-19(25)20(27)7-8-21-23-18(13-30-21)15-5-3-2-4-6-15/h2-6,9,13,16,19,26H,7-8,10-12H2,1H3/t16-,19+/m1/s1. The summed E-state index contributed by atoms with van der Waals surface area (Å²) in [6.07, 6.45) is 0.414. The maximum atomic E-state index is 12.8. The number of aliphatic hydroxyl groups is 1. The van der Waals surface area contributed by atoms with Crippen molar-refractivity contribution in [3.63, 3.8) is 0 Å². The van der Waals surface area contributed by atoms with Crippen LogP contribution in [0.15, 0.2) is 46.3 Å². The molecule has 0 unspecified atom stereocenters. The Morgan fingerprint density at radius 1 is 1.30 bits per heavy atom. The van der Waals surface area contributed by atoms with Crippen molar-refractivity contribution in [2.45, 2.75) is 44.8 Å². The first kappa shape index (κ1) is 20.4. The molecule has 3 heterocycles. The van der Waals surface area contributed by atoms with Gasteiger partial charge < -0.3 is 14.5 Å². The van der Waals surface area contributed by atoms with E-state index in [1.54, 1.807) is 13.0 Å². The molecule has 3 aromatic rings. The molecule has 8 heteroatoms. The number of ketones is 1. The van der Waals surface area contributed by atoms with E-state index in [9.17, 15) is 14.7 Å². The topological polar surface area (TPSA) is 96.5 Å². The molecule has 0 bridgehead atoms. The molecule has 1 aromatic carbocycles. The molecule has 7 nitrogen and oxygen atoms in total. The van der Waals surface area contributed by atoms with Crippen LogP contribution in [0.5, 0.6) is 0 Å². The predicted octanol–water partition coefficient (Wildman–Crippen LogP) is 2.81. The highest BCUT2D eigenvalue weighted by Crippen LogP contribution is 2.25. The van der Waals surface area contributed by atoms with Crippen LogP contribution in [0.2, 0.25) is 0 Å². The number of aliphatic hydroxyl groups excluding tert-OH is 1. The van der Waals surface area contributed by atoms with Gasteiger partial charge in [-0.2, -0.15) is 0 Å². The Labute approximate surface area is 178 Å². The normalized spacial score (nSPS) is 18.7. The van der Waals surface area contributed by atoms with Gasteiger partial charge in [0.1, 0.15) is 5.76 Å². The summed E-state index contributed by atoms with van der Waals surface area (Å²) in [5.41, 5.74) is 2.65. The second kappa shape index (κ2) is 8.89. The van der Waals surface area contributed by atoms with Crippen molar-refractivity contribution in [3.8, 4) is 11.3 Å². The summed E-state index contributed by atoms with van der Waals surface area (Å²) in [5.74, 6) is 0.174. The third-order valence-electron chi connectivity index (χ3n) is 5.18. The molecule has 2 aromatic heterocycles. The molecule has 1 fully saturated rings. The van der Waals surface area contributed by atoms with Gasteiger partial charge in [0, 0.05) is 42.8 Å². The summed E-state index contributed by atoms with van der Waals surface area (Å²) in [4.78, 5) is 31.6. The molecule has 0 aliphatic carbocycles. The number of nitrogens with zero attached hydrogens (tertiary/aromatic N) is 3. The zero-order valence-corrected chi connectivity index (χ0v) is 17.5. The Kier molecular flexibility index (Phi) is 6.06. The number of likely N-dealkylation sites (tertiary alicyclic amines) is 1. The minimum absolute atomic E-state index is 0.0320. The number of carbonyl (C=O) groups excluding carboxylic acids is 2. The fourth-order valence-electron chi connectivity index (χ4n) is 3.71. The Bertz CT molecular complexity index is 1030. The number of hydrogen-bond donors (Lipinski definition) is 1. The van der Waals surface area contributed by atoms with Gasteiger partial charge in [-0.1, -0.05) is 35.5 Å². The third-order valence-corrected chi connectivity index (χ3v) is 6.09. The number of rotatable bonds is 7.